The van der Waals surface area contributed by atoms with E-state index in [1.807, 2.05) is 32.0 Å². The van der Waals surface area contributed by atoms with Gasteiger partial charge in [-0.1, -0.05) is 30.3 Å². The van der Waals surface area contributed by atoms with Crippen LogP contribution in [-0.2, 0) is 9.59 Å². The summed E-state index contributed by atoms with van der Waals surface area (Å²) in [6, 6.07) is 8.15. The second-order valence-corrected chi connectivity index (χ2v) is 4.41. The van der Waals surface area contributed by atoms with Gasteiger partial charge in [0.1, 0.15) is 6.04 Å². The number of hydrogen-bond acceptors (Lipinski definition) is 3. The van der Waals surface area contributed by atoms with Gasteiger partial charge < -0.3 is 16.4 Å². The SMILES string of the molecule is CC(C)N(CC(N)=O)C(=O)[C@@H](N)c1ccccc1. The van der Waals surface area contributed by atoms with Crippen molar-refractivity contribution in [2.45, 2.75) is 25.9 Å². The van der Waals surface area contributed by atoms with E-state index in [0.717, 1.165) is 5.56 Å². The molecule has 5 heteroatoms. The van der Waals surface area contributed by atoms with Gasteiger partial charge in [-0.05, 0) is 19.4 Å². The maximum atomic E-state index is 12.2. The van der Waals surface area contributed by atoms with Crippen LogP contribution in [0, 0.1) is 0 Å². The Morgan fingerprint density at radius 3 is 2.22 bits per heavy atom. The van der Waals surface area contributed by atoms with Crippen molar-refractivity contribution < 1.29 is 9.59 Å². The molecule has 1 rings (SSSR count). The highest BCUT2D eigenvalue weighted by Gasteiger charge is 2.25. The fraction of sp³-hybridized carbons (Fsp3) is 0.385. The second-order valence-electron chi connectivity index (χ2n) is 4.41. The third-order valence-electron chi connectivity index (χ3n) is 2.66. The predicted octanol–water partition coefficient (Wildman–Crippen LogP) is 0.409. The first-order valence-corrected chi connectivity index (χ1v) is 5.82. The van der Waals surface area contributed by atoms with Crippen LogP contribution in [0.2, 0.25) is 0 Å². The topological polar surface area (TPSA) is 89.4 Å². The minimum absolute atomic E-state index is 0.114. The largest absolute Gasteiger partial charge is 0.368 e. The Balaban J connectivity index is 2.86. The summed E-state index contributed by atoms with van der Waals surface area (Å²) in [4.78, 5) is 24.6. The first-order chi connectivity index (χ1) is 8.43. The molecule has 1 aromatic rings. The highest BCUT2D eigenvalue weighted by molar-refractivity contribution is 5.87. The molecule has 1 atom stereocenters. The summed E-state index contributed by atoms with van der Waals surface area (Å²) >= 11 is 0. The van der Waals surface area contributed by atoms with Gasteiger partial charge in [0, 0.05) is 6.04 Å². The van der Waals surface area contributed by atoms with E-state index in [9.17, 15) is 9.59 Å². The molecule has 0 aliphatic heterocycles. The van der Waals surface area contributed by atoms with E-state index in [1.165, 1.54) is 4.90 Å². The van der Waals surface area contributed by atoms with Gasteiger partial charge in [-0.25, -0.2) is 0 Å². The molecule has 4 N–H and O–H groups in total. The van der Waals surface area contributed by atoms with Gasteiger partial charge in [-0.3, -0.25) is 9.59 Å². The Kier molecular flexibility index (Phi) is 4.85. The summed E-state index contributed by atoms with van der Waals surface area (Å²) in [7, 11) is 0. The van der Waals surface area contributed by atoms with Crippen LogP contribution >= 0.6 is 0 Å². The quantitative estimate of drug-likeness (QED) is 0.792. The number of benzene rings is 1. The number of nitrogens with zero attached hydrogens (tertiary/aromatic N) is 1. The van der Waals surface area contributed by atoms with E-state index in [-0.39, 0.29) is 18.5 Å². The molecule has 0 aliphatic carbocycles. The molecule has 0 saturated heterocycles. The molecule has 0 bridgehead atoms. The molecular formula is C13H19N3O2. The van der Waals surface area contributed by atoms with E-state index in [4.69, 9.17) is 11.5 Å². The lowest BCUT2D eigenvalue weighted by Gasteiger charge is -2.28. The lowest BCUT2D eigenvalue weighted by molar-refractivity contribution is -0.138. The van der Waals surface area contributed by atoms with Crippen molar-refractivity contribution in [1.29, 1.82) is 0 Å². The Morgan fingerprint density at radius 2 is 1.78 bits per heavy atom. The molecule has 5 nitrogen and oxygen atoms in total. The molecule has 98 valence electrons. The van der Waals surface area contributed by atoms with Crippen molar-refractivity contribution in [2.24, 2.45) is 11.5 Å². The van der Waals surface area contributed by atoms with Crippen molar-refractivity contribution >= 4 is 11.8 Å². The van der Waals surface area contributed by atoms with Gasteiger partial charge in [-0.2, -0.15) is 0 Å². The summed E-state index contributed by atoms with van der Waals surface area (Å²) in [5.41, 5.74) is 11.8. The van der Waals surface area contributed by atoms with Gasteiger partial charge in [0.15, 0.2) is 0 Å². The highest BCUT2D eigenvalue weighted by atomic mass is 16.2. The molecule has 18 heavy (non-hydrogen) atoms. The number of hydrogen-bond donors (Lipinski definition) is 2. The van der Waals surface area contributed by atoms with Gasteiger partial charge in [0.05, 0.1) is 6.54 Å². The highest BCUT2D eigenvalue weighted by Crippen LogP contribution is 2.14. The average Bonchev–Trinajstić information content (AvgIpc) is 2.34. The lowest BCUT2D eigenvalue weighted by atomic mass is 10.1. The smallest absolute Gasteiger partial charge is 0.244 e. The minimum atomic E-state index is -0.770. The van der Waals surface area contributed by atoms with Crippen LogP contribution < -0.4 is 11.5 Å². The van der Waals surface area contributed by atoms with Crippen LogP contribution in [0.25, 0.3) is 0 Å². The molecule has 2 amide bonds. The van der Waals surface area contributed by atoms with E-state index >= 15 is 0 Å². The van der Waals surface area contributed by atoms with E-state index in [0.29, 0.717) is 0 Å². The Hall–Kier alpha value is -1.88. The van der Waals surface area contributed by atoms with E-state index in [1.54, 1.807) is 12.1 Å². The molecule has 0 radical (unpaired) electrons. The van der Waals surface area contributed by atoms with Crippen molar-refractivity contribution in [2.75, 3.05) is 6.54 Å². The van der Waals surface area contributed by atoms with Crippen LogP contribution in [-0.4, -0.2) is 29.3 Å². The normalized spacial score (nSPS) is 12.2. The van der Waals surface area contributed by atoms with Crippen LogP contribution in [0.3, 0.4) is 0 Å². The standard InChI is InChI=1S/C13H19N3O2/c1-9(2)16(8-11(14)17)13(18)12(15)10-6-4-3-5-7-10/h3-7,9,12H,8,15H2,1-2H3,(H2,14,17)/t12-/m0/s1. The Bertz CT molecular complexity index is 418. The molecule has 0 aliphatic rings. The minimum Gasteiger partial charge on any atom is -0.368 e. The third-order valence-corrected chi connectivity index (χ3v) is 2.66. The van der Waals surface area contributed by atoms with E-state index in [2.05, 4.69) is 0 Å². The van der Waals surface area contributed by atoms with Crippen molar-refractivity contribution in [3.8, 4) is 0 Å². The first kappa shape index (κ1) is 14.2. The number of carbonyl (C=O) groups excluding carboxylic acids is 2. The predicted molar refractivity (Wildman–Crippen MR) is 69.4 cm³/mol. The zero-order valence-electron chi connectivity index (χ0n) is 10.7. The molecule has 0 saturated carbocycles. The number of amides is 2. The van der Waals surface area contributed by atoms with Gasteiger partial charge in [0.25, 0.3) is 0 Å². The van der Waals surface area contributed by atoms with Gasteiger partial charge >= 0.3 is 0 Å². The maximum Gasteiger partial charge on any atom is 0.244 e. The average molecular weight is 249 g/mol. The lowest BCUT2D eigenvalue weighted by Crippen LogP contribution is -2.46. The molecule has 1 aromatic carbocycles. The second kappa shape index (κ2) is 6.16. The van der Waals surface area contributed by atoms with Gasteiger partial charge in [-0.15, -0.1) is 0 Å². The number of nitrogens with two attached hydrogens (primary N) is 2. The molecule has 0 unspecified atom stereocenters. The summed E-state index contributed by atoms with van der Waals surface area (Å²) in [5.74, 6) is -0.840. The van der Waals surface area contributed by atoms with Crippen molar-refractivity contribution in [1.82, 2.24) is 4.90 Å². The summed E-state index contributed by atoms with van der Waals surface area (Å²) in [6.07, 6.45) is 0. The first-order valence-electron chi connectivity index (χ1n) is 5.82. The summed E-state index contributed by atoms with van der Waals surface area (Å²) in [5, 5.41) is 0. The van der Waals surface area contributed by atoms with Crippen molar-refractivity contribution in [3.63, 3.8) is 0 Å². The molecule has 0 aromatic heterocycles. The molecular weight excluding hydrogens is 230 g/mol. The fourth-order valence-electron chi connectivity index (χ4n) is 1.66. The fourth-order valence-corrected chi connectivity index (χ4v) is 1.66. The zero-order chi connectivity index (χ0) is 13.7. The number of primary amides is 1. The third kappa shape index (κ3) is 3.56. The molecule has 0 fully saturated rings. The monoisotopic (exact) mass is 249 g/mol. The summed E-state index contributed by atoms with van der Waals surface area (Å²) < 4.78 is 0. The van der Waals surface area contributed by atoms with Crippen molar-refractivity contribution in [3.05, 3.63) is 35.9 Å². The zero-order valence-corrected chi connectivity index (χ0v) is 10.7. The summed E-state index contributed by atoms with van der Waals surface area (Å²) in [6.45, 7) is 3.52. The van der Waals surface area contributed by atoms with E-state index < -0.39 is 11.9 Å². The Labute approximate surface area is 107 Å². The van der Waals surface area contributed by atoms with Crippen LogP contribution in [0.1, 0.15) is 25.5 Å². The number of carbonyl (C=O) groups is 2. The number of rotatable bonds is 5. The van der Waals surface area contributed by atoms with Crippen LogP contribution in [0.15, 0.2) is 30.3 Å². The van der Waals surface area contributed by atoms with Crippen LogP contribution in [0.5, 0.6) is 0 Å². The maximum absolute atomic E-state index is 12.2. The van der Waals surface area contributed by atoms with Crippen LogP contribution in [0.4, 0.5) is 0 Å². The molecule has 0 heterocycles. The van der Waals surface area contributed by atoms with Gasteiger partial charge in [0.2, 0.25) is 11.8 Å². The molecule has 0 spiro atoms. The Morgan fingerprint density at radius 1 is 1.22 bits per heavy atom.